The molecule has 0 saturated heterocycles. The van der Waals surface area contributed by atoms with Crippen molar-refractivity contribution < 1.29 is 18.3 Å². The summed E-state index contributed by atoms with van der Waals surface area (Å²) in [5.74, 6) is -0.695. The van der Waals surface area contributed by atoms with Crippen molar-refractivity contribution in [3.8, 4) is 11.8 Å². The number of carbonyl (C=O) groups excluding carboxylic acids is 1. The van der Waals surface area contributed by atoms with Gasteiger partial charge >= 0.3 is 6.61 Å². The zero-order valence-electron chi connectivity index (χ0n) is 10.6. The van der Waals surface area contributed by atoms with Crippen molar-refractivity contribution >= 4 is 5.91 Å². The maximum absolute atomic E-state index is 12.3. The molecule has 102 valence electrons. The fourth-order valence-corrected chi connectivity index (χ4v) is 1.56. The molecule has 19 heavy (non-hydrogen) atoms. The van der Waals surface area contributed by atoms with E-state index in [4.69, 9.17) is 5.26 Å². The molecule has 0 fully saturated rings. The number of rotatable bonds is 5. The van der Waals surface area contributed by atoms with E-state index in [1.54, 1.807) is 19.9 Å². The summed E-state index contributed by atoms with van der Waals surface area (Å²) >= 11 is 0. The summed E-state index contributed by atoms with van der Waals surface area (Å²) in [5.41, 5.74) is 0.0201. The molecule has 0 aliphatic heterocycles. The Morgan fingerprint density at radius 3 is 2.58 bits per heavy atom. The number of nitriles is 1. The van der Waals surface area contributed by atoms with Crippen LogP contribution in [0.15, 0.2) is 24.3 Å². The van der Waals surface area contributed by atoms with Crippen LogP contribution in [0.5, 0.6) is 5.75 Å². The fraction of sp³-hybridized carbons (Fsp3) is 0.385. The second-order valence-corrected chi connectivity index (χ2v) is 4.06. The van der Waals surface area contributed by atoms with Crippen molar-refractivity contribution in [2.24, 2.45) is 0 Å². The highest BCUT2D eigenvalue weighted by Gasteiger charge is 2.22. The van der Waals surface area contributed by atoms with E-state index in [2.05, 4.69) is 4.74 Å². The van der Waals surface area contributed by atoms with E-state index >= 15 is 0 Å². The first-order valence-electron chi connectivity index (χ1n) is 5.69. The molecule has 0 unspecified atom stereocenters. The lowest BCUT2D eigenvalue weighted by atomic mass is 10.1. The van der Waals surface area contributed by atoms with Gasteiger partial charge in [-0.2, -0.15) is 14.0 Å². The maximum atomic E-state index is 12.3. The molecular formula is C13H14F2N2O2. The zero-order chi connectivity index (χ0) is 14.4. The van der Waals surface area contributed by atoms with E-state index in [0.29, 0.717) is 0 Å². The third-order valence-corrected chi connectivity index (χ3v) is 2.46. The van der Waals surface area contributed by atoms with Crippen LogP contribution in [-0.4, -0.2) is 30.0 Å². The Balaban J connectivity index is 3.07. The minimum Gasteiger partial charge on any atom is -0.434 e. The number of halogens is 2. The van der Waals surface area contributed by atoms with Crippen LogP contribution in [0.4, 0.5) is 8.78 Å². The average Bonchev–Trinajstić information content (AvgIpc) is 2.34. The van der Waals surface area contributed by atoms with Crippen LogP contribution in [-0.2, 0) is 0 Å². The van der Waals surface area contributed by atoms with Gasteiger partial charge in [0.2, 0.25) is 0 Å². The number of benzene rings is 1. The summed E-state index contributed by atoms with van der Waals surface area (Å²) in [6, 6.07) is 7.40. The first kappa shape index (κ1) is 14.9. The lowest BCUT2D eigenvalue weighted by molar-refractivity contribution is -0.0502. The number of hydrogen-bond donors (Lipinski definition) is 0. The predicted molar refractivity (Wildman–Crippen MR) is 64.9 cm³/mol. The Morgan fingerprint density at radius 2 is 2.05 bits per heavy atom. The summed E-state index contributed by atoms with van der Waals surface area (Å²) in [6.45, 7) is 0.370. The molecule has 0 saturated carbocycles. The van der Waals surface area contributed by atoms with Gasteiger partial charge < -0.3 is 9.64 Å². The number of alkyl halides is 2. The molecule has 0 aromatic heterocycles. The highest BCUT2D eigenvalue weighted by Crippen LogP contribution is 2.22. The van der Waals surface area contributed by atoms with Crippen LogP contribution in [0.25, 0.3) is 0 Å². The molecule has 0 atom stereocenters. The summed E-state index contributed by atoms with van der Waals surface area (Å²) in [6.07, 6.45) is 0. The Labute approximate surface area is 110 Å². The molecule has 0 spiro atoms. The van der Waals surface area contributed by atoms with Crippen molar-refractivity contribution in [2.45, 2.75) is 26.5 Å². The van der Waals surface area contributed by atoms with E-state index in [0.717, 1.165) is 0 Å². The summed E-state index contributed by atoms with van der Waals surface area (Å²) in [7, 11) is 0. The molecule has 6 heteroatoms. The first-order chi connectivity index (χ1) is 8.97. The highest BCUT2D eigenvalue weighted by molar-refractivity contribution is 5.97. The van der Waals surface area contributed by atoms with Crippen molar-refractivity contribution in [1.82, 2.24) is 4.90 Å². The Hall–Kier alpha value is -2.16. The van der Waals surface area contributed by atoms with E-state index < -0.39 is 12.5 Å². The minimum absolute atomic E-state index is 0.0201. The Kier molecular flexibility index (Phi) is 5.24. The van der Waals surface area contributed by atoms with Gasteiger partial charge in [-0.25, -0.2) is 0 Å². The van der Waals surface area contributed by atoms with Gasteiger partial charge in [-0.3, -0.25) is 4.79 Å². The van der Waals surface area contributed by atoms with Crippen LogP contribution in [0, 0.1) is 11.3 Å². The molecule has 0 aliphatic rings. The number of carbonyl (C=O) groups is 1. The van der Waals surface area contributed by atoms with Gasteiger partial charge in [0.25, 0.3) is 5.91 Å². The van der Waals surface area contributed by atoms with Gasteiger partial charge in [-0.05, 0) is 26.0 Å². The molecule has 1 rings (SSSR count). The lowest BCUT2D eigenvalue weighted by Crippen LogP contribution is -2.37. The maximum Gasteiger partial charge on any atom is 0.387 e. The smallest absolute Gasteiger partial charge is 0.387 e. The molecule has 1 amide bonds. The zero-order valence-corrected chi connectivity index (χ0v) is 10.6. The van der Waals surface area contributed by atoms with Crippen LogP contribution < -0.4 is 4.74 Å². The molecule has 0 bridgehead atoms. The molecule has 1 aromatic carbocycles. The van der Waals surface area contributed by atoms with Crippen molar-refractivity contribution in [3.05, 3.63) is 29.8 Å². The summed E-state index contributed by atoms with van der Waals surface area (Å²) in [5, 5.41) is 8.70. The van der Waals surface area contributed by atoms with Crippen LogP contribution in [0.3, 0.4) is 0 Å². The fourth-order valence-electron chi connectivity index (χ4n) is 1.56. The monoisotopic (exact) mass is 268 g/mol. The van der Waals surface area contributed by atoms with Crippen LogP contribution in [0.1, 0.15) is 24.2 Å². The highest BCUT2D eigenvalue weighted by atomic mass is 19.3. The van der Waals surface area contributed by atoms with Crippen molar-refractivity contribution in [1.29, 1.82) is 5.26 Å². The van der Waals surface area contributed by atoms with Crippen molar-refractivity contribution in [3.63, 3.8) is 0 Å². The quantitative estimate of drug-likeness (QED) is 0.771. The second-order valence-electron chi connectivity index (χ2n) is 4.06. The molecule has 0 N–H and O–H groups in total. The predicted octanol–water partition coefficient (Wildman–Crippen LogP) is 2.66. The SMILES string of the molecule is CC(C)N(CC#N)C(=O)c1ccccc1OC(F)F. The lowest BCUT2D eigenvalue weighted by Gasteiger charge is -2.24. The Morgan fingerprint density at radius 1 is 1.42 bits per heavy atom. The number of ether oxygens (including phenoxy) is 1. The van der Waals surface area contributed by atoms with E-state index in [9.17, 15) is 13.6 Å². The number of nitrogens with zero attached hydrogens (tertiary/aromatic N) is 2. The minimum atomic E-state index is -3.00. The normalized spacial score (nSPS) is 10.4. The van der Waals surface area contributed by atoms with E-state index in [1.165, 1.54) is 23.1 Å². The van der Waals surface area contributed by atoms with Crippen LogP contribution in [0.2, 0.25) is 0 Å². The third-order valence-electron chi connectivity index (χ3n) is 2.46. The van der Waals surface area contributed by atoms with Crippen LogP contribution >= 0.6 is 0 Å². The van der Waals surface area contributed by atoms with Gasteiger partial charge in [0.05, 0.1) is 11.6 Å². The van der Waals surface area contributed by atoms with Gasteiger partial charge in [-0.1, -0.05) is 12.1 Å². The molecule has 4 nitrogen and oxygen atoms in total. The van der Waals surface area contributed by atoms with E-state index in [1.807, 2.05) is 6.07 Å². The molecule has 0 radical (unpaired) electrons. The number of amides is 1. The largest absolute Gasteiger partial charge is 0.434 e. The average molecular weight is 268 g/mol. The van der Waals surface area contributed by atoms with Gasteiger partial charge in [0.1, 0.15) is 12.3 Å². The third kappa shape index (κ3) is 3.91. The summed E-state index contributed by atoms with van der Waals surface area (Å²) < 4.78 is 28.9. The summed E-state index contributed by atoms with van der Waals surface area (Å²) in [4.78, 5) is 13.5. The molecular weight excluding hydrogens is 254 g/mol. The first-order valence-corrected chi connectivity index (χ1v) is 5.69. The standard InChI is InChI=1S/C13H14F2N2O2/c1-9(2)17(8-7-16)12(18)10-5-3-4-6-11(10)19-13(14)15/h3-6,9,13H,8H2,1-2H3. The van der Waals surface area contributed by atoms with Gasteiger partial charge in [-0.15, -0.1) is 0 Å². The topological polar surface area (TPSA) is 53.3 Å². The molecule has 0 heterocycles. The number of hydrogen-bond acceptors (Lipinski definition) is 3. The molecule has 0 aliphatic carbocycles. The molecule has 1 aromatic rings. The Bertz CT molecular complexity index is 484. The second kappa shape index (κ2) is 6.69. The van der Waals surface area contributed by atoms with Crippen molar-refractivity contribution in [2.75, 3.05) is 6.54 Å². The van der Waals surface area contributed by atoms with Gasteiger partial charge in [0.15, 0.2) is 0 Å². The van der Waals surface area contributed by atoms with Gasteiger partial charge in [0, 0.05) is 6.04 Å². The van der Waals surface area contributed by atoms with E-state index in [-0.39, 0.29) is 23.9 Å². The number of para-hydroxylation sites is 1.